The first kappa shape index (κ1) is 12.3. The lowest BCUT2D eigenvalue weighted by molar-refractivity contribution is 0.141. The van der Waals surface area contributed by atoms with Crippen molar-refractivity contribution in [3.8, 4) is 0 Å². The number of aliphatic hydroxyl groups excluding tert-OH is 1. The molecular formula is C13H17ClOS. The Kier molecular flexibility index (Phi) is 4.56. The first-order valence-corrected chi connectivity index (χ1v) is 7.31. The van der Waals surface area contributed by atoms with E-state index in [1.54, 1.807) is 0 Å². The topological polar surface area (TPSA) is 20.2 Å². The first-order valence-electron chi connectivity index (χ1n) is 5.77. The van der Waals surface area contributed by atoms with Crippen molar-refractivity contribution in [2.24, 2.45) is 5.92 Å². The number of benzene rings is 1. The fourth-order valence-electron chi connectivity index (χ4n) is 2.17. The zero-order valence-electron chi connectivity index (χ0n) is 9.23. The van der Waals surface area contributed by atoms with Crippen molar-refractivity contribution >= 4 is 23.4 Å². The first-order chi connectivity index (χ1) is 7.77. The maximum atomic E-state index is 10.2. The van der Waals surface area contributed by atoms with E-state index in [9.17, 15) is 5.11 Å². The number of rotatable bonds is 3. The molecule has 1 aliphatic rings. The maximum Gasteiger partial charge on any atom is 0.0807 e. The third kappa shape index (κ3) is 3.16. The Hall–Kier alpha value is -0.180. The van der Waals surface area contributed by atoms with Gasteiger partial charge in [0.1, 0.15) is 0 Å². The molecule has 88 valence electrons. The Morgan fingerprint density at radius 1 is 1.31 bits per heavy atom. The van der Waals surface area contributed by atoms with E-state index in [2.05, 4.69) is 0 Å². The van der Waals surface area contributed by atoms with Crippen LogP contribution in [0.4, 0.5) is 0 Å². The number of hydrogen-bond donors (Lipinski definition) is 1. The van der Waals surface area contributed by atoms with Crippen molar-refractivity contribution in [1.29, 1.82) is 0 Å². The summed E-state index contributed by atoms with van der Waals surface area (Å²) in [5.41, 5.74) is 0.877. The predicted octanol–water partition coefficient (Wildman–Crippen LogP) is 3.91. The molecule has 1 N–H and O–H groups in total. The summed E-state index contributed by atoms with van der Waals surface area (Å²) in [4.78, 5) is 0. The summed E-state index contributed by atoms with van der Waals surface area (Å²) >= 11 is 8.09. The molecule has 1 nitrogen and oxygen atoms in total. The Morgan fingerprint density at radius 2 is 2.00 bits per heavy atom. The van der Waals surface area contributed by atoms with Gasteiger partial charge in [-0.05, 0) is 48.3 Å². The Balaban J connectivity index is 1.96. The molecule has 0 bridgehead atoms. The van der Waals surface area contributed by atoms with E-state index in [0.29, 0.717) is 10.9 Å². The van der Waals surface area contributed by atoms with Crippen LogP contribution in [0, 0.1) is 5.92 Å². The second kappa shape index (κ2) is 5.95. The third-order valence-corrected chi connectivity index (χ3v) is 4.55. The molecule has 3 heteroatoms. The van der Waals surface area contributed by atoms with Crippen LogP contribution in [0.1, 0.15) is 30.9 Å². The molecule has 2 rings (SSSR count). The molecule has 0 spiro atoms. The summed E-state index contributed by atoms with van der Waals surface area (Å²) in [6, 6.07) is 7.60. The van der Waals surface area contributed by atoms with Gasteiger partial charge in [0, 0.05) is 5.02 Å². The van der Waals surface area contributed by atoms with Gasteiger partial charge in [-0.2, -0.15) is 11.8 Å². The van der Waals surface area contributed by atoms with Gasteiger partial charge in [-0.3, -0.25) is 0 Å². The van der Waals surface area contributed by atoms with Gasteiger partial charge in [-0.1, -0.05) is 29.8 Å². The van der Waals surface area contributed by atoms with Gasteiger partial charge < -0.3 is 5.11 Å². The minimum Gasteiger partial charge on any atom is -0.388 e. The molecule has 1 aromatic rings. The smallest absolute Gasteiger partial charge is 0.0807 e. The quantitative estimate of drug-likeness (QED) is 0.885. The van der Waals surface area contributed by atoms with E-state index >= 15 is 0 Å². The maximum absolute atomic E-state index is 10.2. The molecule has 1 fully saturated rings. The zero-order chi connectivity index (χ0) is 11.4. The molecule has 0 saturated carbocycles. The minimum absolute atomic E-state index is 0.401. The van der Waals surface area contributed by atoms with Gasteiger partial charge in [0.25, 0.3) is 0 Å². The van der Waals surface area contributed by atoms with Crippen molar-refractivity contribution in [2.45, 2.75) is 25.4 Å². The second-order valence-corrected chi connectivity index (χ2v) is 5.96. The highest BCUT2D eigenvalue weighted by molar-refractivity contribution is 7.99. The van der Waals surface area contributed by atoms with Crippen LogP contribution in [0.5, 0.6) is 0 Å². The molecule has 16 heavy (non-hydrogen) atoms. The molecule has 1 unspecified atom stereocenters. The van der Waals surface area contributed by atoms with Crippen LogP contribution in [-0.2, 0) is 0 Å². The van der Waals surface area contributed by atoms with Crippen LogP contribution in [-0.4, -0.2) is 16.6 Å². The highest BCUT2D eigenvalue weighted by Crippen LogP contribution is 2.33. The van der Waals surface area contributed by atoms with Gasteiger partial charge in [0.2, 0.25) is 0 Å². The SMILES string of the molecule is OC(CC1CCSCC1)c1ccccc1Cl. The van der Waals surface area contributed by atoms with E-state index in [0.717, 1.165) is 12.0 Å². The molecule has 0 aromatic heterocycles. The Bertz CT molecular complexity index is 336. The van der Waals surface area contributed by atoms with Crippen LogP contribution in [0.2, 0.25) is 5.02 Å². The van der Waals surface area contributed by atoms with E-state index in [1.165, 1.54) is 24.3 Å². The molecular weight excluding hydrogens is 240 g/mol. The van der Waals surface area contributed by atoms with Crippen LogP contribution < -0.4 is 0 Å². The molecule has 1 atom stereocenters. The van der Waals surface area contributed by atoms with Crippen LogP contribution >= 0.6 is 23.4 Å². The lowest BCUT2D eigenvalue weighted by Gasteiger charge is -2.24. The highest BCUT2D eigenvalue weighted by Gasteiger charge is 2.19. The van der Waals surface area contributed by atoms with Gasteiger partial charge in [-0.15, -0.1) is 0 Å². The van der Waals surface area contributed by atoms with Crippen LogP contribution in [0.25, 0.3) is 0 Å². The highest BCUT2D eigenvalue weighted by atomic mass is 35.5. The number of thioether (sulfide) groups is 1. The molecule has 0 aliphatic carbocycles. The predicted molar refractivity (Wildman–Crippen MR) is 71.1 cm³/mol. The van der Waals surface area contributed by atoms with Gasteiger partial charge in [0.15, 0.2) is 0 Å². The summed E-state index contributed by atoms with van der Waals surface area (Å²) in [6.07, 6.45) is 2.91. The summed E-state index contributed by atoms with van der Waals surface area (Å²) < 4.78 is 0. The third-order valence-electron chi connectivity index (χ3n) is 3.16. The largest absolute Gasteiger partial charge is 0.388 e. The van der Waals surface area contributed by atoms with E-state index in [-0.39, 0.29) is 0 Å². The van der Waals surface area contributed by atoms with Crippen molar-refractivity contribution in [3.05, 3.63) is 34.9 Å². The van der Waals surface area contributed by atoms with Crippen LogP contribution in [0.3, 0.4) is 0 Å². The van der Waals surface area contributed by atoms with Crippen molar-refractivity contribution < 1.29 is 5.11 Å². The second-order valence-electron chi connectivity index (χ2n) is 4.33. The Labute approximate surface area is 106 Å². The molecule has 0 amide bonds. The lowest BCUT2D eigenvalue weighted by atomic mass is 9.92. The minimum atomic E-state index is -0.401. The number of halogens is 1. The molecule has 1 saturated heterocycles. The molecule has 1 heterocycles. The summed E-state index contributed by atoms with van der Waals surface area (Å²) in [7, 11) is 0. The average molecular weight is 257 g/mol. The molecule has 1 aromatic carbocycles. The summed E-state index contributed by atoms with van der Waals surface area (Å²) in [5, 5.41) is 10.8. The van der Waals surface area contributed by atoms with Crippen LogP contribution in [0.15, 0.2) is 24.3 Å². The normalized spacial score (nSPS) is 19.6. The zero-order valence-corrected chi connectivity index (χ0v) is 10.8. The van der Waals surface area contributed by atoms with Crippen molar-refractivity contribution in [3.63, 3.8) is 0 Å². The van der Waals surface area contributed by atoms with Gasteiger partial charge >= 0.3 is 0 Å². The van der Waals surface area contributed by atoms with Gasteiger partial charge in [-0.25, -0.2) is 0 Å². The fourth-order valence-corrected chi connectivity index (χ4v) is 3.64. The fraction of sp³-hybridized carbons (Fsp3) is 0.538. The van der Waals surface area contributed by atoms with Gasteiger partial charge in [0.05, 0.1) is 6.10 Å². The standard InChI is InChI=1S/C13H17ClOS/c14-12-4-2-1-3-11(12)13(15)9-10-5-7-16-8-6-10/h1-4,10,13,15H,5-9H2. The van der Waals surface area contributed by atoms with E-state index in [4.69, 9.17) is 11.6 Å². The molecule has 1 aliphatic heterocycles. The monoisotopic (exact) mass is 256 g/mol. The summed E-state index contributed by atoms with van der Waals surface area (Å²) in [5.74, 6) is 3.13. The average Bonchev–Trinajstić information content (AvgIpc) is 2.31. The van der Waals surface area contributed by atoms with Crippen molar-refractivity contribution in [2.75, 3.05) is 11.5 Å². The number of aliphatic hydroxyl groups is 1. The van der Waals surface area contributed by atoms with E-state index < -0.39 is 6.10 Å². The Morgan fingerprint density at radius 3 is 2.69 bits per heavy atom. The van der Waals surface area contributed by atoms with E-state index in [1.807, 2.05) is 36.0 Å². The van der Waals surface area contributed by atoms with Crippen molar-refractivity contribution in [1.82, 2.24) is 0 Å². The lowest BCUT2D eigenvalue weighted by Crippen LogP contribution is -2.13. The number of hydrogen-bond acceptors (Lipinski definition) is 2. The molecule has 0 radical (unpaired) electrons. The summed E-state index contributed by atoms with van der Waals surface area (Å²) in [6.45, 7) is 0.